The van der Waals surface area contributed by atoms with Gasteiger partial charge in [0.05, 0.1) is 5.69 Å². The molecule has 0 aliphatic carbocycles. The molecular formula is C14H10N6O. The summed E-state index contributed by atoms with van der Waals surface area (Å²) in [5.41, 5.74) is 9.28. The molecule has 0 radical (unpaired) electrons. The van der Waals surface area contributed by atoms with Crippen LogP contribution in [0.1, 0.15) is 10.5 Å². The Morgan fingerprint density at radius 3 is 2.52 bits per heavy atom. The number of amides is 1. The number of para-hydroxylation sites is 1. The van der Waals surface area contributed by atoms with E-state index >= 15 is 0 Å². The molecule has 7 heteroatoms. The normalized spacial score (nSPS) is 10.1. The lowest BCUT2D eigenvalue weighted by molar-refractivity contribution is 0.0995. The van der Waals surface area contributed by atoms with Crippen molar-refractivity contribution in [3.8, 4) is 11.5 Å². The Morgan fingerprint density at radius 1 is 1.14 bits per heavy atom. The van der Waals surface area contributed by atoms with Gasteiger partial charge in [-0.15, -0.1) is 0 Å². The summed E-state index contributed by atoms with van der Waals surface area (Å²) >= 11 is 0. The van der Waals surface area contributed by atoms with Crippen molar-refractivity contribution in [1.82, 2.24) is 14.3 Å². The maximum Gasteiger partial charge on any atom is 0.269 e. The highest BCUT2D eigenvalue weighted by Crippen LogP contribution is 2.17. The summed E-state index contributed by atoms with van der Waals surface area (Å²) in [6, 6.07) is 14.7. The number of hydrogen-bond acceptors (Lipinski definition) is 2. The van der Waals surface area contributed by atoms with Gasteiger partial charge in [0.15, 0.2) is 0 Å². The summed E-state index contributed by atoms with van der Waals surface area (Å²) in [4.78, 5) is 14.2. The number of carbonyl (C=O) groups is 1. The molecule has 3 aromatic rings. The molecule has 1 aromatic carbocycles. The molecule has 1 amide bonds. The summed E-state index contributed by atoms with van der Waals surface area (Å²) in [6.45, 7) is 0. The molecule has 0 unspecified atom stereocenters. The van der Waals surface area contributed by atoms with Crippen molar-refractivity contribution in [1.29, 1.82) is 0 Å². The molecule has 0 saturated carbocycles. The molecule has 0 bridgehead atoms. The van der Waals surface area contributed by atoms with Gasteiger partial charge in [0.2, 0.25) is 0 Å². The van der Waals surface area contributed by atoms with Crippen molar-refractivity contribution in [2.75, 3.05) is 0 Å². The molecule has 0 atom stereocenters. The van der Waals surface area contributed by atoms with E-state index in [1.807, 2.05) is 59.4 Å². The summed E-state index contributed by atoms with van der Waals surface area (Å²) in [7, 11) is 0. The van der Waals surface area contributed by atoms with Gasteiger partial charge < -0.3 is 4.57 Å². The first kappa shape index (κ1) is 12.7. The highest BCUT2D eigenvalue weighted by Gasteiger charge is 2.15. The summed E-state index contributed by atoms with van der Waals surface area (Å²) in [6.07, 6.45) is 3.69. The van der Waals surface area contributed by atoms with Gasteiger partial charge in [-0.2, -0.15) is 5.10 Å². The van der Waals surface area contributed by atoms with Crippen molar-refractivity contribution in [2.45, 2.75) is 0 Å². The third kappa shape index (κ3) is 2.41. The number of aromatic nitrogens is 3. The minimum atomic E-state index is -0.708. The van der Waals surface area contributed by atoms with Crippen molar-refractivity contribution in [3.05, 3.63) is 77.1 Å². The molecule has 3 rings (SSSR count). The first-order valence-electron chi connectivity index (χ1n) is 6.18. The topological polar surface area (TPSA) is 88.6 Å². The lowest BCUT2D eigenvalue weighted by Crippen LogP contribution is -2.04. The third-order valence-corrected chi connectivity index (χ3v) is 2.91. The maximum atomic E-state index is 11.7. The first-order chi connectivity index (χ1) is 10.3. The van der Waals surface area contributed by atoms with E-state index in [4.69, 9.17) is 5.53 Å². The van der Waals surface area contributed by atoms with Crippen molar-refractivity contribution in [2.24, 2.45) is 5.11 Å². The van der Waals surface area contributed by atoms with Gasteiger partial charge in [-0.05, 0) is 34.9 Å². The molecule has 0 fully saturated rings. The standard InChI is InChI=1S/C14H10N6O/c15-18-16-14(21)12-10-13(19-8-4-5-9-19)20(17-12)11-6-2-1-3-7-11/h1-10H. The summed E-state index contributed by atoms with van der Waals surface area (Å²) < 4.78 is 3.45. The minimum absolute atomic E-state index is 0.0975. The highest BCUT2D eigenvalue weighted by atomic mass is 16.2. The largest absolute Gasteiger partial charge is 0.309 e. The average Bonchev–Trinajstić information content (AvgIpc) is 3.17. The van der Waals surface area contributed by atoms with Gasteiger partial charge in [0.25, 0.3) is 5.91 Å². The fraction of sp³-hybridized carbons (Fsp3) is 0. The highest BCUT2D eigenvalue weighted by molar-refractivity contribution is 5.93. The number of benzene rings is 1. The SMILES string of the molecule is [N-]=[N+]=NC(=O)c1cc(-n2cccc2)n(-c2ccccc2)n1. The van der Waals surface area contributed by atoms with Crippen LogP contribution in [0.25, 0.3) is 21.9 Å². The van der Waals surface area contributed by atoms with E-state index in [-0.39, 0.29) is 5.69 Å². The van der Waals surface area contributed by atoms with Gasteiger partial charge in [-0.25, -0.2) is 4.68 Å². The van der Waals surface area contributed by atoms with Crippen molar-refractivity contribution < 1.29 is 4.79 Å². The molecular weight excluding hydrogens is 268 g/mol. The molecule has 0 aliphatic heterocycles. The zero-order valence-corrected chi connectivity index (χ0v) is 10.9. The zero-order valence-electron chi connectivity index (χ0n) is 10.9. The monoisotopic (exact) mass is 278 g/mol. The smallest absolute Gasteiger partial charge is 0.269 e. The van der Waals surface area contributed by atoms with Crippen LogP contribution in [0.5, 0.6) is 0 Å². The molecule has 0 N–H and O–H groups in total. The Kier molecular flexibility index (Phi) is 3.24. The third-order valence-electron chi connectivity index (χ3n) is 2.91. The van der Waals surface area contributed by atoms with E-state index in [9.17, 15) is 4.79 Å². The summed E-state index contributed by atoms with van der Waals surface area (Å²) in [5, 5.41) is 7.32. The number of rotatable bonds is 3. The zero-order chi connectivity index (χ0) is 14.7. The van der Waals surface area contributed by atoms with Crippen molar-refractivity contribution >= 4 is 5.91 Å². The van der Waals surface area contributed by atoms with Crippen LogP contribution in [0, 0.1) is 0 Å². The second-order valence-corrected chi connectivity index (χ2v) is 4.22. The predicted octanol–water partition coefficient (Wildman–Crippen LogP) is 3.11. The van der Waals surface area contributed by atoms with Crippen LogP contribution in [0.2, 0.25) is 0 Å². The van der Waals surface area contributed by atoms with E-state index in [0.717, 1.165) is 5.69 Å². The van der Waals surface area contributed by atoms with E-state index in [1.165, 1.54) is 0 Å². The van der Waals surface area contributed by atoms with Crippen LogP contribution in [0.3, 0.4) is 0 Å². The Morgan fingerprint density at radius 2 is 1.86 bits per heavy atom. The number of hydrogen-bond donors (Lipinski definition) is 0. The predicted molar refractivity (Wildman–Crippen MR) is 76.4 cm³/mol. The van der Waals surface area contributed by atoms with Crippen LogP contribution < -0.4 is 0 Å². The molecule has 102 valence electrons. The van der Waals surface area contributed by atoms with Crippen LogP contribution in [-0.4, -0.2) is 20.3 Å². The quantitative estimate of drug-likeness (QED) is 0.418. The van der Waals surface area contributed by atoms with Gasteiger partial charge >= 0.3 is 0 Å². The first-order valence-corrected chi connectivity index (χ1v) is 6.18. The van der Waals surface area contributed by atoms with Gasteiger partial charge in [-0.3, -0.25) is 4.79 Å². The fourth-order valence-corrected chi connectivity index (χ4v) is 2.00. The minimum Gasteiger partial charge on any atom is -0.309 e. The fourth-order valence-electron chi connectivity index (χ4n) is 2.00. The van der Waals surface area contributed by atoms with Gasteiger partial charge in [0.1, 0.15) is 11.5 Å². The van der Waals surface area contributed by atoms with Gasteiger partial charge in [0, 0.05) is 23.4 Å². The molecule has 2 heterocycles. The Bertz CT molecular complexity index is 813. The van der Waals surface area contributed by atoms with Crippen LogP contribution in [0.4, 0.5) is 0 Å². The molecule has 7 nitrogen and oxygen atoms in total. The molecule has 0 saturated heterocycles. The van der Waals surface area contributed by atoms with Crippen LogP contribution >= 0.6 is 0 Å². The number of azide groups is 1. The molecule has 21 heavy (non-hydrogen) atoms. The Hall–Kier alpha value is -3.31. The lowest BCUT2D eigenvalue weighted by Gasteiger charge is -2.07. The average molecular weight is 278 g/mol. The number of carbonyl (C=O) groups excluding carboxylic acids is 1. The number of nitrogens with zero attached hydrogens (tertiary/aromatic N) is 6. The van der Waals surface area contributed by atoms with Crippen LogP contribution in [0.15, 0.2) is 66.0 Å². The van der Waals surface area contributed by atoms with Crippen LogP contribution in [-0.2, 0) is 0 Å². The second-order valence-electron chi connectivity index (χ2n) is 4.22. The van der Waals surface area contributed by atoms with E-state index in [1.54, 1.807) is 10.7 Å². The Balaban J connectivity index is 2.17. The summed E-state index contributed by atoms with van der Waals surface area (Å²) in [5.74, 6) is -0.0247. The Labute approximate surface area is 119 Å². The van der Waals surface area contributed by atoms with Crippen molar-refractivity contribution in [3.63, 3.8) is 0 Å². The lowest BCUT2D eigenvalue weighted by atomic mass is 10.3. The van der Waals surface area contributed by atoms with E-state index in [2.05, 4.69) is 15.1 Å². The molecule has 0 aliphatic rings. The second kappa shape index (κ2) is 5.36. The molecule has 0 spiro atoms. The maximum absolute atomic E-state index is 11.7. The van der Waals surface area contributed by atoms with E-state index in [0.29, 0.717) is 5.82 Å². The van der Waals surface area contributed by atoms with E-state index < -0.39 is 5.91 Å². The molecule has 2 aromatic heterocycles. The van der Waals surface area contributed by atoms with Gasteiger partial charge in [-0.1, -0.05) is 18.2 Å².